The van der Waals surface area contributed by atoms with Crippen molar-refractivity contribution in [2.45, 2.75) is 97.9 Å². The third-order valence-corrected chi connectivity index (χ3v) is 5.95. The molecule has 1 aromatic rings. The molecule has 184 valence electrons. The summed E-state index contributed by atoms with van der Waals surface area (Å²) in [6.07, 6.45) is 6.54. The molecule has 0 spiro atoms. The number of carbonyl (C=O) groups excluding carboxylic acids is 3. The van der Waals surface area contributed by atoms with Gasteiger partial charge in [-0.05, 0) is 65.5 Å². The van der Waals surface area contributed by atoms with Gasteiger partial charge in [-0.3, -0.25) is 29.2 Å². The molecule has 33 heavy (non-hydrogen) atoms. The van der Waals surface area contributed by atoms with Crippen molar-refractivity contribution in [3.8, 4) is 0 Å². The first-order chi connectivity index (χ1) is 15.5. The Morgan fingerprint density at radius 3 is 2.12 bits per heavy atom. The lowest BCUT2D eigenvalue weighted by Gasteiger charge is -2.44. The Labute approximate surface area is 198 Å². The van der Waals surface area contributed by atoms with Crippen LogP contribution in [-0.2, 0) is 32.1 Å². The van der Waals surface area contributed by atoms with Gasteiger partial charge in [0.2, 0.25) is 0 Å². The molecule has 1 aliphatic carbocycles. The van der Waals surface area contributed by atoms with Gasteiger partial charge < -0.3 is 4.74 Å². The molecule has 1 fully saturated rings. The van der Waals surface area contributed by atoms with Crippen molar-refractivity contribution in [1.29, 1.82) is 0 Å². The van der Waals surface area contributed by atoms with Crippen molar-refractivity contribution in [2.75, 3.05) is 19.6 Å². The highest BCUT2D eigenvalue weighted by atomic mass is 16.6. The standard InChI is InChI=1S/C26H41N3O4/c1-7-21-11-10-14-27-22(21)17-28(15-19(2)30)23-12-8-9-13-24(23)29(16-20(3)31)18-25(32)33-26(4,5)6/h10-11,14,23-24H,7-9,12-13,15-18H2,1-6H3/t23-,24?/m0/s1. The van der Waals surface area contributed by atoms with E-state index in [0.29, 0.717) is 13.1 Å². The van der Waals surface area contributed by atoms with E-state index in [9.17, 15) is 14.4 Å². The van der Waals surface area contributed by atoms with Crippen molar-refractivity contribution in [1.82, 2.24) is 14.8 Å². The van der Waals surface area contributed by atoms with E-state index < -0.39 is 5.60 Å². The monoisotopic (exact) mass is 459 g/mol. The third-order valence-electron chi connectivity index (χ3n) is 5.95. The van der Waals surface area contributed by atoms with Gasteiger partial charge in [0.1, 0.15) is 17.2 Å². The van der Waals surface area contributed by atoms with Crippen LogP contribution in [0.1, 0.15) is 78.5 Å². The summed E-state index contributed by atoms with van der Waals surface area (Å²) >= 11 is 0. The molecule has 2 atom stereocenters. The number of hydrogen-bond donors (Lipinski definition) is 0. The van der Waals surface area contributed by atoms with Gasteiger partial charge in [0.15, 0.2) is 0 Å². The molecule has 0 radical (unpaired) electrons. The van der Waals surface area contributed by atoms with Crippen LogP contribution in [-0.4, -0.2) is 69.6 Å². The fraction of sp³-hybridized carbons (Fsp3) is 0.692. The zero-order chi connectivity index (χ0) is 24.6. The van der Waals surface area contributed by atoms with Crippen molar-refractivity contribution < 1.29 is 19.1 Å². The van der Waals surface area contributed by atoms with Gasteiger partial charge in [-0.25, -0.2) is 0 Å². The second-order valence-electron chi connectivity index (χ2n) is 10.2. The van der Waals surface area contributed by atoms with Crippen LogP contribution in [0, 0.1) is 0 Å². The number of esters is 1. The number of pyridine rings is 1. The van der Waals surface area contributed by atoms with Gasteiger partial charge in [-0.2, -0.15) is 0 Å². The molecule has 0 bridgehead atoms. The molecular weight excluding hydrogens is 418 g/mol. The molecule has 7 heteroatoms. The van der Waals surface area contributed by atoms with Crippen molar-refractivity contribution in [2.24, 2.45) is 0 Å². The predicted octanol–water partition coefficient (Wildman–Crippen LogP) is 3.58. The summed E-state index contributed by atoms with van der Waals surface area (Å²) in [5, 5.41) is 0. The van der Waals surface area contributed by atoms with Crippen LogP contribution >= 0.6 is 0 Å². The Balaban J connectivity index is 2.33. The summed E-state index contributed by atoms with van der Waals surface area (Å²) in [6.45, 7) is 11.9. The highest BCUT2D eigenvalue weighted by Crippen LogP contribution is 2.29. The number of carbonyl (C=O) groups is 3. The quantitative estimate of drug-likeness (QED) is 0.468. The van der Waals surface area contributed by atoms with Crippen LogP contribution in [0.4, 0.5) is 0 Å². The Morgan fingerprint density at radius 2 is 1.58 bits per heavy atom. The molecule has 1 aromatic heterocycles. The van der Waals surface area contributed by atoms with Gasteiger partial charge in [-0.1, -0.05) is 25.8 Å². The summed E-state index contributed by atoms with van der Waals surface area (Å²) in [4.78, 5) is 45.8. The van der Waals surface area contributed by atoms with Gasteiger partial charge in [-0.15, -0.1) is 0 Å². The van der Waals surface area contributed by atoms with Crippen molar-refractivity contribution >= 4 is 17.5 Å². The fourth-order valence-electron chi connectivity index (χ4n) is 4.76. The van der Waals surface area contributed by atoms with Gasteiger partial charge in [0.05, 0.1) is 25.3 Å². The van der Waals surface area contributed by atoms with Gasteiger partial charge >= 0.3 is 5.97 Å². The fourth-order valence-corrected chi connectivity index (χ4v) is 4.76. The molecule has 0 aromatic carbocycles. The van der Waals surface area contributed by atoms with E-state index in [4.69, 9.17) is 4.74 Å². The van der Waals surface area contributed by atoms with Crippen LogP contribution in [0.5, 0.6) is 0 Å². The highest BCUT2D eigenvalue weighted by molar-refractivity contribution is 5.79. The first kappa shape index (κ1) is 27.1. The number of rotatable bonds is 11. The predicted molar refractivity (Wildman–Crippen MR) is 129 cm³/mol. The van der Waals surface area contributed by atoms with Crippen LogP contribution in [0.2, 0.25) is 0 Å². The Morgan fingerprint density at radius 1 is 1.00 bits per heavy atom. The van der Waals surface area contributed by atoms with Crippen molar-refractivity contribution in [3.05, 3.63) is 29.6 Å². The number of ether oxygens (including phenoxy) is 1. The topological polar surface area (TPSA) is 79.8 Å². The summed E-state index contributed by atoms with van der Waals surface area (Å²) in [6, 6.07) is 4.06. The highest BCUT2D eigenvalue weighted by Gasteiger charge is 2.36. The van der Waals surface area contributed by atoms with E-state index in [1.54, 1.807) is 20.0 Å². The second-order valence-corrected chi connectivity index (χ2v) is 10.2. The van der Waals surface area contributed by atoms with Gasteiger partial charge in [0.25, 0.3) is 0 Å². The molecule has 0 amide bonds. The maximum absolute atomic E-state index is 12.7. The summed E-state index contributed by atoms with van der Waals surface area (Å²) < 4.78 is 5.56. The zero-order valence-electron chi connectivity index (χ0n) is 21.2. The van der Waals surface area contributed by atoms with Crippen LogP contribution in [0.3, 0.4) is 0 Å². The van der Waals surface area contributed by atoms with Gasteiger partial charge in [0, 0.05) is 24.8 Å². The number of Topliss-reactive ketones (excluding diaryl/α,β-unsaturated/α-hetero) is 2. The van der Waals surface area contributed by atoms with Crippen LogP contribution in [0.25, 0.3) is 0 Å². The maximum Gasteiger partial charge on any atom is 0.320 e. The Hall–Kier alpha value is -2.12. The molecular formula is C26H41N3O4. The smallest absolute Gasteiger partial charge is 0.320 e. The number of aryl methyl sites for hydroxylation is 1. The minimum Gasteiger partial charge on any atom is -0.459 e. The van der Waals surface area contributed by atoms with Crippen LogP contribution < -0.4 is 0 Å². The first-order valence-corrected chi connectivity index (χ1v) is 12.1. The van der Waals surface area contributed by atoms with E-state index in [0.717, 1.165) is 37.8 Å². The average Bonchev–Trinajstić information content (AvgIpc) is 2.71. The van der Waals surface area contributed by atoms with E-state index in [1.165, 1.54) is 5.56 Å². The molecule has 0 N–H and O–H groups in total. The summed E-state index contributed by atoms with van der Waals surface area (Å²) in [7, 11) is 0. The molecule has 2 rings (SSSR count). The lowest BCUT2D eigenvalue weighted by Crippen LogP contribution is -2.56. The Bertz CT molecular complexity index is 818. The lowest BCUT2D eigenvalue weighted by molar-refractivity contribution is -0.157. The third kappa shape index (κ3) is 8.97. The molecule has 1 saturated carbocycles. The zero-order valence-corrected chi connectivity index (χ0v) is 21.2. The summed E-state index contributed by atoms with van der Waals surface area (Å²) in [5.41, 5.74) is 1.57. The van der Waals surface area contributed by atoms with E-state index in [-0.39, 0.29) is 42.7 Å². The van der Waals surface area contributed by atoms with E-state index >= 15 is 0 Å². The second kappa shape index (κ2) is 12.4. The first-order valence-electron chi connectivity index (χ1n) is 12.1. The number of nitrogens with zero attached hydrogens (tertiary/aromatic N) is 3. The number of ketones is 2. The molecule has 0 saturated heterocycles. The van der Waals surface area contributed by atoms with Crippen molar-refractivity contribution in [3.63, 3.8) is 0 Å². The minimum atomic E-state index is -0.582. The summed E-state index contributed by atoms with van der Waals surface area (Å²) in [5.74, 6) is -0.221. The Kier molecular flexibility index (Phi) is 10.2. The van der Waals surface area contributed by atoms with Crippen LogP contribution in [0.15, 0.2) is 18.3 Å². The molecule has 1 heterocycles. The SMILES string of the molecule is CCc1cccnc1CN(CC(C)=O)[C@H]1CCCCC1N(CC(C)=O)CC(=O)OC(C)(C)C. The molecule has 1 unspecified atom stereocenters. The lowest BCUT2D eigenvalue weighted by atomic mass is 9.87. The largest absolute Gasteiger partial charge is 0.459 e. The average molecular weight is 460 g/mol. The van der Waals surface area contributed by atoms with E-state index in [1.807, 2.05) is 31.7 Å². The molecule has 0 aliphatic heterocycles. The number of hydrogen-bond acceptors (Lipinski definition) is 7. The normalized spacial score (nSPS) is 19.0. The minimum absolute atomic E-state index is 0.0108. The van der Waals surface area contributed by atoms with E-state index in [2.05, 4.69) is 22.9 Å². The number of aromatic nitrogens is 1. The molecule has 7 nitrogen and oxygen atoms in total. The maximum atomic E-state index is 12.7. The molecule has 1 aliphatic rings.